The average Bonchev–Trinajstić information content (AvgIpc) is 3.07. The third-order valence-electron chi connectivity index (χ3n) is 5.48. The molecule has 1 atom stereocenters. The van der Waals surface area contributed by atoms with E-state index in [1.807, 2.05) is 4.90 Å². The van der Waals surface area contributed by atoms with Gasteiger partial charge in [0.2, 0.25) is 0 Å². The van der Waals surface area contributed by atoms with Crippen molar-refractivity contribution in [1.82, 2.24) is 14.7 Å². The Kier molecular flexibility index (Phi) is 7.32. The number of hydrogen-bond acceptors (Lipinski definition) is 4. The molecule has 2 aliphatic heterocycles. The number of cyclic esters (lactones) is 1. The lowest BCUT2D eigenvalue weighted by atomic mass is 10.0. The standard InChI is InChI=1S/C21H33N3O2/c1-2-11-23(13-7-14-24-15-16-26-21(24)25)20-10-6-12-22(18-20)17-19-8-4-3-5-9-19/h3-5,8-9,20H,2,6-7,10-18H2,1H3. The largest absolute Gasteiger partial charge is 0.448 e. The van der Waals surface area contributed by atoms with Crippen LogP contribution in [0.5, 0.6) is 0 Å². The zero-order chi connectivity index (χ0) is 18.2. The van der Waals surface area contributed by atoms with Crippen LogP contribution in [0.3, 0.4) is 0 Å². The summed E-state index contributed by atoms with van der Waals surface area (Å²) in [5.41, 5.74) is 1.41. The molecule has 5 nitrogen and oxygen atoms in total. The molecule has 0 spiro atoms. The molecule has 2 fully saturated rings. The van der Waals surface area contributed by atoms with Crippen molar-refractivity contribution in [3.8, 4) is 0 Å². The van der Waals surface area contributed by atoms with E-state index >= 15 is 0 Å². The third-order valence-corrected chi connectivity index (χ3v) is 5.48. The number of amides is 1. The second-order valence-electron chi connectivity index (χ2n) is 7.51. The molecule has 1 unspecified atom stereocenters. The minimum Gasteiger partial charge on any atom is -0.448 e. The van der Waals surface area contributed by atoms with E-state index in [-0.39, 0.29) is 6.09 Å². The molecule has 2 saturated heterocycles. The van der Waals surface area contributed by atoms with Crippen LogP contribution in [0, 0.1) is 0 Å². The first kappa shape index (κ1) is 19.2. The van der Waals surface area contributed by atoms with Gasteiger partial charge in [0, 0.05) is 32.2 Å². The Hall–Kier alpha value is -1.59. The Morgan fingerprint density at radius 3 is 2.77 bits per heavy atom. The van der Waals surface area contributed by atoms with Crippen molar-refractivity contribution in [3.63, 3.8) is 0 Å². The normalized spacial score (nSPS) is 21.4. The molecule has 0 aromatic heterocycles. The molecular formula is C21H33N3O2. The maximum absolute atomic E-state index is 11.6. The fraction of sp³-hybridized carbons (Fsp3) is 0.667. The van der Waals surface area contributed by atoms with Gasteiger partial charge in [0.25, 0.3) is 0 Å². The molecule has 1 amide bonds. The molecule has 2 aliphatic rings. The van der Waals surface area contributed by atoms with Crippen LogP contribution in [0.25, 0.3) is 0 Å². The van der Waals surface area contributed by atoms with Gasteiger partial charge in [-0.2, -0.15) is 0 Å². The van der Waals surface area contributed by atoms with Gasteiger partial charge in [-0.1, -0.05) is 37.3 Å². The van der Waals surface area contributed by atoms with Crippen molar-refractivity contribution in [1.29, 1.82) is 0 Å². The molecule has 0 radical (unpaired) electrons. The minimum atomic E-state index is -0.140. The predicted molar refractivity (Wildman–Crippen MR) is 104 cm³/mol. The smallest absolute Gasteiger partial charge is 0.409 e. The van der Waals surface area contributed by atoms with E-state index in [2.05, 4.69) is 47.1 Å². The summed E-state index contributed by atoms with van der Waals surface area (Å²) < 4.78 is 5.02. The van der Waals surface area contributed by atoms with Crippen molar-refractivity contribution < 1.29 is 9.53 Å². The van der Waals surface area contributed by atoms with Crippen molar-refractivity contribution >= 4 is 6.09 Å². The van der Waals surface area contributed by atoms with E-state index in [1.165, 1.54) is 31.4 Å². The molecule has 3 rings (SSSR count). The van der Waals surface area contributed by atoms with Gasteiger partial charge < -0.3 is 9.64 Å². The minimum absolute atomic E-state index is 0.140. The molecule has 1 aromatic carbocycles. The molecule has 2 heterocycles. The number of likely N-dealkylation sites (tertiary alicyclic amines) is 1. The Balaban J connectivity index is 1.48. The first-order chi connectivity index (χ1) is 12.8. The monoisotopic (exact) mass is 359 g/mol. The number of benzene rings is 1. The van der Waals surface area contributed by atoms with E-state index in [9.17, 15) is 4.79 Å². The maximum atomic E-state index is 11.6. The second kappa shape index (κ2) is 9.93. The SMILES string of the molecule is CCCN(CCCN1CCOC1=O)C1CCCN(Cc2ccccc2)C1. The Labute approximate surface area is 157 Å². The van der Waals surface area contributed by atoms with E-state index in [0.717, 1.165) is 45.7 Å². The summed E-state index contributed by atoms with van der Waals surface area (Å²) in [5, 5.41) is 0. The van der Waals surface area contributed by atoms with Gasteiger partial charge in [0.15, 0.2) is 0 Å². The molecule has 26 heavy (non-hydrogen) atoms. The van der Waals surface area contributed by atoms with Gasteiger partial charge in [-0.05, 0) is 44.3 Å². The highest BCUT2D eigenvalue weighted by Gasteiger charge is 2.26. The predicted octanol–water partition coefficient (Wildman–Crippen LogP) is 3.21. The lowest BCUT2D eigenvalue weighted by Crippen LogP contribution is -2.48. The van der Waals surface area contributed by atoms with Crippen molar-refractivity contribution in [2.45, 2.75) is 45.2 Å². The van der Waals surface area contributed by atoms with Crippen LogP contribution >= 0.6 is 0 Å². The fourth-order valence-corrected chi connectivity index (χ4v) is 4.17. The number of piperidine rings is 1. The van der Waals surface area contributed by atoms with Gasteiger partial charge in [-0.25, -0.2) is 4.79 Å². The number of carbonyl (C=O) groups is 1. The quantitative estimate of drug-likeness (QED) is 0.678. The summed E-state index contributed by atoms with van der Waals surface area (Å²) in [5.74, 6) is 0. The number of rotatable bonds is 9. The van der Waals surface area contributed by atoms with Gasteiger partial charge in [-0.15, -0.1) is 0 Å². The van der Waals surface area contributed by atoms with Crippen molar-refractivity contribution in [2.24, 2.45) is 0 Å². The van der Waals surface area contributed by atoms with E-state index < -0.39 is 0 Å². The highest BCUT2D eigenvalue weighted by Crippen LogP contribution is 2.19. The molecule has 0 N–H and O–H groups in total. The molecule has 0 aliphatic carbocycles. The number of carbonyl (C=O) groups excluding carboxylic acids is 1. The number of hydrogen-bond donors (Lipinski definition) is 0. The Bertz CT molecular complexity index is 551. The Morgan fingerprint density at radius 2 is 2.04 bits per heavy atom. The molecule has 0 saturated carbocycles. The van der Waals surface area contributed by atoms with Gasteiger partial charge in [0.05, 0.1) is 6.54 Å². The second-order valence-corrected chi connectivity index (χ2v) is 7.51. The molecule has 144 valence electrons. The number of nitrogens with zero attached hydrogens (tertiary/aromatic N) is 3. The first-order valence-electron chi connectivity index (χ1n) is 10.2. The first-order valence-corrected chi connectivity index (χ1v) is 10.2. The van der Waals surface area contributed by atoms with Crippen LogP contribution in [0.15, 0.2) is 30.3 Å². The molecule has 0 bridgehead atoms. The highest BCUT2D eigenvalue weighted by molar-refractivity contribution is 5.69. The summed E-state index contributed by atoms with van der Waals surface area (Å²) in [6.45, 7) is 10.0. The Morgan fingerprint density at radius 1 is 1.19 bits per heavy atom. The fourth-order valence-electron chi connectivity index (χ4n) is 4.17. The van der Waals surface area contributed by atoms with E-state index in [0.29, 0.717) is 12.6 Å². The molecular weight excluding hydrogens is 326 g/mol. The summed E-state index contributed by atoms with van der Waals surface area (Å²) in [6.07, 6.45) is 4.64. The highest BCUT2D eigenvalue weighted by atomic mass is 16.6. The number of ether oxygens (including phenoxy) is 1. The molecule has 5 heteroatoms. The lowest BCUT2D eigenvalue weighted by molar-refractivity contribution is 0.0898. The zero-order valence-corrected chi connectivity index (χ0v) is 16.1. The van der Waals surface area contributed by atoms with E-state index in [4.69, 9.17) is 4.74 Å². The van der Waals surface area contributed by atoms with Gasteiger partial charge in [0.1, 0.15) is 6.61 Å². The summed E-state index contributed by atoms with van der Waals surface area (Å²) in [4.78, 5) is 18.7. The van der Waals surface area contributed by atoms with Crippen LogP contribution in [0.2, 0.25) is 0 Å². The summed E-state index contributed by atoms with van der Waals surface area (Å²) in [6, 6.07) is 11.4. The third kappa shape index (κ3) is 5.45. The summed E-state index contributed by atoms with van der Waals surface area (Å²) >= 11 is 0. The topological polar surface area (TPSA) is 36.0 Å². The van der Waals surface area contributed by atoms with Gasteiger partial charge >= 0.3 is 6.09 Å². The van der Waals surface area contributed by atoms with Crippen LogP contribution < -0.4 is 0 Å². The summed E-state index contributed by atoms with van der Waals surface area (Å²) in [7, 11) is 0. The zero-order valence-electron chi connectivity index (χ0n) is 16.1. The maximum Gasteiger partial charge on any atom is 0.409 e. The lowest BCUT2D eigenvalue weighted by Gasteiger charge is -2.39. The van der Waals surface area contributed by atoms with Crippen LogP contribution in [0.4, 0.5) is 4.79 Å². The van der Waals surface area contributed by atoms with Crippen molar-refractivity contribution in [3.05, 3.63) is 35.9 Å². The van der Waals surface area contributed by atoms with Crippen LogP contribution in [-0.2, 0) is 11.3 Å². The average molecular weight is 360 g/mol. The van der Waals surface area contributed by atoms with Crippen LogP contribution in [0.1, 0.15) is 38.2 Å². The van der Waals surface area contributed by atoms with E-state index in [1.54, 1.807) is 0 Å². The van der Waals surface area contributed by atoms with Crippen LogP contribution in [-0.4, -0.2) is 72.7 Å². The molecule has 1 aromatic rings. The van der Waals surface area contributed by atoms with Gasteiger partial charge in [-0.3, -0.25) is 9.80 Å². The van der Waals surface area contributed by atoms with Crippen molar-refractivity contribution in [2.75, 3.05) is 45.9 Å².